The molecule has 2 aliphatic rings. The molecule has 1 unspecified atom stereocenters. The van der Waals surface area contributed by atoms with E-state index >= 15 is 0 Å². The van der Waals surface area contributed by atoms with E-state index in [2.05, 4.69) is 64.5 Å². The fourth-order valence-electron chi connectivity index (χ4n) is 4.17. The van der Waals surface area contributed by atoms with Gasteiger partial charge in [0.05, 0.1) is 25.3 Å². The molecule has 1 aromatic carbocycles. The highest BCUT2D eigenvalue weighted by Crippen LogP contribution is 2.43. The second-order valence-electron chi connectivity index (χ2n) is 10.6. The molecule has 1 amide bonds. The van der Waals surface area contributed by atoms with Crippen molar-refractivity contribution in [3.05, 3.63) is 58.4 Å². The summed E-state index contributed by atoms with van der Waals surface area (Å²) in [6.07, 6.45) is 0.405. The van der Waals surface area contributed by atoms with Crippen molar-refractivity contribution < 1.29 is 18.7 Å². The molecular formula is C24H34N8O4Si. The van der Waals surface area contributed by atoms with Crippen molar-refractivity contribution in [2.75, 3.05) is 19.0 Å². The molecule has 2 aliphatic heterocycles. The first-order valence-electron chi connectivity index (χ1n) is 12.1. The van der Waals surface area contributed by atoms with Crippen molar-refractivity contribution in [3.63, 3.8) is 0 Å². The second kappa shape index (κ2) is 10.6. The Labute approximate surface area is 217 Å². The quantitative estimate of drug-likeness (QED) is 0.226. The molecule has 0 radical (unpaired) electrons. The molecule has 1 aromatic heterocycles. The number of anilines is 1. The van der Waals surface area contributed by atoms with E-state index < -0.39 is 39.0 Å². The van der Waals surface area contributed by atoms with Crippen LogP contribution in [0.5, 0.6) is 0 Å². The van der Waals surface area contributed by atoms with Crippen LogP contribution in [0.2, 0.25) is 18.1 Å². The molecule has 2 N–H and O–H groups in total. The standard InChI is InChI=1S/C24H34N8O4Si/c1-24(2,3)37(5,6)36-18-16(12-29-31-25)35-23(19(18)34-4)32-14-28-17-20(26-13-27-21(17)32)30-22(33)15-10-8-7-9-11-15/h7-11,13-14,16,18-20,23H,12H2,1-6H3,(H,26,27)(H,30,33)/t16-,18-,19-,20?,23-/m1/s1. The third kappa shape index (κ3) is 5.41. The number of fused-ring (bicyclic) bond motifs is 1. The topological polar surface area (TPSA) is 148 Å². The highest BCUT2D eigenvalue weighted by molar-refractivity contribution is 6.74. The smallest absolute Gasteiger partial charge is 0.253 e. The Kier molecular flexibility index (Phi) is 7.71. The van der Waals surface area contributed by atoms with Crippen molar-refractivity contribution >= 4 is 26.4 Å². The number of methoxy groups -OCH3 is 1. The van der Waals surface area contributed by atoms with Crippen LogP contribution in [0.15, 0.2) is 46.8 Å². The number of amides is 1. The van der Waals surface area contributed by atoms with Crippen LogP contribution in [-0.2, 0) is 13.9 Å². The van der Waals surface area contributed by atoms with Crippen molar-refractivity contribution in [2.24, 2.45) is 10.1 Å². The van der Waals surface area contributed by atoms with Gasteiger partial charge in [0, 0.05) is 17.6 Å². The number of aliphatic imine (C=N–C) groups is 1. The lowest BCUT2D eigenvalue weighted by atomic mass is 10.1. The number of aromatic nitrogens is 2. The van der Waals surface area contributed by atoms with Crippen molar-refractivity contribution in [3.8, 4) is 0 Å². The zero-order valence-corrected chi connectivity index (χ0v) is 23.0. The SMILES string of the molecule is CO[C@@H]1[C@H](O[Si](C)(C)C(C)(C)C)[C@@H](CN=[N+]=[N-])O[C@H]1n1cnc2c1NC=NC2NC(=O)c1ccccc1. The summed E-state index contributed by atoms with van der Waals surface area (Å²) >= 11 is 0. The van der Waals surface area contributed by atoms with Gasteiger partial charge < -0.3 is 24.5 Å². The highest BCUT2D eigenvalue weighted by Gasteiger charge is 2.51. The van der Waals surface area contributed by atoms with Gasteiger partial charge in [0.2, 0.25) is 0 Å². The molecule has 12 nitrogen and oxygen atoms in total. The molecule has 37 heavy (non-hydrogen) atoms. The van der Waals surface area contributed by atoms with Gasteiger partial charge in [-0.3, -0.25) is 9.36 Å². The molecule has 1 saturated heterocycles. The van der Waals surface area contributed by atoms with E-state index in [4.69, 9.17) is 19.4 Å². The lowest BCUT2D eigenvalue weighted by Gasteiger charge is -2.40. The van der Waals surface area contributed by atoms with Crippen LogP contribution in [0.25, 0.3) is 10.4 Å². The van der Waals surface area contributed by atoms with Gasteiger partial charge in [0.15, 0.2) is 20.7 Å². The van der Waals surface area contributed by atoms with Crippen molar-refractivity contribution in [1.29, 1.82) is 0 Å². The Hall–Kier alpha value is -3.22. The van der Waals surface area contributed by atoms with Gasteiger partial charge in [-0.25, -0.2) is 9.98 Å². The number of carbonyl (C=O) groups is 1. The molecular weight excluding hydrogens is 492 g/mol. The predicted molar refractivity (Wildman–Crippen MR) is 142 cm³/mol. The fraction of sp³-hybridized carbons (Fsp3) is 0.542. The van der Waals surface area contributed by atoms with Crippen LogP contribution in [0.3, 0.4) is 0 Å². The van der Waals surface area contributed by atoms with Crippen molar-refractivity contribution in [1.82, 2.24) is 14.9 Å². The molecule has 5 atom stereocenters. The first-order valence-corrected chi connectivity index (χ1v) is 15.1. The molecule has 1 fully saturated rings. The average Bonchev–Trinajstić information content (AvgIpc) is 3.44. The van der Waals surface area contributed by atoms with Gasteiger partial charge >= 0.3 is 0 Å². The van der Waals surface area contributed by atoms with Crippen LogP contribution in [0.1, 0.15) is 49.2 Å². The first-order chi connectivity index (χ1) is 17.6. The molecule has 0 aliphatic carbocycles. The number of azide groups is 1. The summed E-state index contributed by atoms with van der Waals surface area (Å²) in [5.74, 6) is 0.366. The monoisotopic (exact) mass is 526 g/mol. The Balaban J connectivity index is 1.62. The third-order valence-electron chi connectivity index (χ3n) is 7.20. The van der Waals surface area contributed by atoms with Crippen LogP contribution in [0.4, 0.5) is 5.82 Å². The Morgan fingerprint density at radius 1 is 1.30 bits per heavy atom. The molecule has 13 heteroatoms. The minimum absolute atomic E-state index is 0.0389. The maximum atomic E-state index is 12.7. The van der Waals surface area contributed by atoms with Gasteiger partial charge in [0.1, 0.15) is 23.7 Å². The van der Waals surface area contributed by atoms with E-state index in [1.807, 2.05) is 10.6 Å². The molecule has 0 spiro atoms. The number of ether oxygens (including phenoxy) is 2. The summed E-state index contributed by atoms with van der Waals surface area (Å²) in [5, 5.41) is 9.77. The molecule has 0 bridgehead atoms. The first kappa shape index (κ1) is 26.8. The predicted octanol–water partition coefficient (Wildman–Crippen LogP) is 4.38. The Morgan fingerprint density at radius 2 is 2.03 bits per heavy atom. The van der Waals surface area contributed by atoms with E-state index in [1.165, 1.54) is 6.34 Å². The maximum absolute atomic E-state index is 12.7. The molecule has 2 aromatic rings. The number of nitrogens with zero attached hydrogens (tertiary/aromatic N) is 6. The lowest BCUT2D eigenvalue weighted by Crippen LogP contribution is -2.50. The summed E-state index contributed by atoms with van der Waals surface area (Å²) in [6.45, 7) is 10.9. The highest BCUT2D eigenvalue weighted by atomic mass is 28.4. The minimum atomic E-state index is -2.22. The number of hydrogen-bond donors (Lipinski definition) is 2. The summed E-state index contributed by atoms with van der Waals surface area (Å²) in [7, 11) is -0.606. The van der Waals surface area contributed by atoms with Crippen LogP contribution >= 0.6 is 0 Å². The zero-order valence-electron chi connectivity index (χ0n) is 22.0. The molecule has 3 heterocycles. The fourth-order valence-corrected chi connectivity index (χ4v) is 5.49. The summed E-state index contributed by atoms with van der Waals surface area (Å²) < 4.78 is 20.9. The van der Waals surface area contributed by atoms with Gasteiger partial charge in [0.25, 0.3) is 5.91 Å². The number of carbonyl (C=O) groups excluding carboxylic acids is 1. The van der Waals surface area contributed by atoms with Crippen LogP contribution < -0.4 is 10.6 Å². The lowest BCUT2D eigenvalue weighted by molar-refractivity contribution is -0.0485. The van der Waals surface area contributed by atoms with Gasteiger partial charge in [-0.2, -0.15) is 0 Å². The van der Waals surface area contributed by atoms with Gasteiger partial charge in [-0.1, -0.05) is 44.1 Å². The number of nitrogens with one attached hydrogen (secondary N) is 2. The summed E-state index contributed by atoms with van der Waals surface area (Å²) in [6, 6.07) is 8.93. The number of imidazole rings is 1. The molecule has 0 saturated carbocycles. The van der Waals surface area contributed by atoms with E-state index in [-0.39, 0.29) is 17.5 Å². The van der Waals surface area contributed by atoms with E-state index in [0.717, 1.165) is 0 Å². The third-order valence-corrected chi connectivity index (χ3v) is 11.7. The number of benzene rings is 1. The largest absolute Gasteiger partial charge is 0.408 e. The maximum Gasteiger partial charge on any atom is 0.253 e. The summed E-state index contributed by atoms with van der Waals surface area (Å²) in [5.41, 5.74) is 10.0. The second-order valence-corrected chi connectivity index (χ2v) is 15.3. The van der Waals surface area contributed by atoms with Gasteiger partial charge in [-0.05, 0) is 35.8 Å². The van der Waals surface area contributed by atoms with Crippen LogP contribution in [0, 0.1) is 0 Å². The van der Waals surface area contributed by atoms with E-state index in [9.17, 15) is 4.79 Å². The summed E-state index contributed by atoms with van der Waals surface area (Å²) in [4.78, 5) is 24.6. The van der Waals surface area contributed by atoms with Crippen LogP contribution in [-0.4, -0.2) is 62.1 Å². The number of hydrogen-bond acceptors (Lipinski definition) is 8. The van der Waals surface area contributed by atoms with Gasteiger partial charge in [-0.15, -0.1) is 0 Å². The van der Waals surface area contributed by atoms with E-state index in [1.54, 1.807) is 37.7 Å². The van der Waals surface area contributed by atoms with Crippen molar-refractivity contribution in [2.45, 2.75) is 69.6 Å². The normalized spacial score (nSPS) is 25.2. The average molecular weight is 527 g/mol. The molecule has 198 valence electrons. The zero-order chi connectivity index (χ0) is 26.8. The Bertz CT molecular complexity index is 1190. The Morgan fingerprint density at radius 3 is 2.68 bits per heavy atom. The van der Waals surface area contributed by atoms with E-state index in [0.29, 0.717) is 17.1 Å². The molecule has 4 rings (SSSR count). The minimum Gasteiger partial charge on any atom is -0.408 e. The number of rotatable bonds is 8.